The Bertz CT molecular complexity index is 1010. The number of ether oxygens (including phenoxy) is 3. The highest BCUT2D eigenvalue weighted by atomic mass is 32.2. The Balaban J connectivity index is 1.49. The molecule has 0 bridgehead atoms. The molecule has 0 saturated heterocycles. The monoisotopic (exact) mass is 448 g/mol. The largest absolute Gasteiger partial charge is 0.491 e. The van der Waals surface area contributed by atoms with Crippen LogP contribution >= 0.6 is 0 Å². The summed E-state index contributed by atoms with van der Waals surface area (Å²) in [6.07, 6.45) is 1.85. The van der Waals surface area contributed by atoms with Gasteiger partial charge in [-0.3, -0.25) is 9.10 Å². The van der Waals surface area contributed by atoms with Gasteiger partial charge in [0.1, 0.15) is 5.75 Å². The van der Waals surface area contributed by atoms with Gasteiger partial charge in [0.15, 0.2) is 11.5 Å². The topological polar surface area (TPSA) is 94.2 Å². The standard InChI is InChI=1S/C22H28N2O6S/c1-16(2)30-19-9-6-17(7-10-19)14-23-22(25)5-4-12-24(31(3,26)27)18-8-11-20-21(13-18)29-15-28-20/h6-11,13,16H,4-5,12,14-15H2,1-3H3,(H,23,25). The van der Waals surface area contributed by atoms with Gasteiger partial charge in [-0.05, 0) is 50.1 Å². The Morgan fingerprint density at radius 2 is 1.84 bits per heavy atom. The van der Waals surface area contributed by atoms with Crippen molar-refractivity contribution in [2.45, 2.75) is 39.3 Å². The molecule has 1 amide bonds. The SMILES string of the molecule is CC(C)Oc1ccc(CNC(=O)CCCN(c2ccc3c(c2)OCO3)S(C)(=O)=O)cc1. The lowest BCUT2D eigenvalue weighted by molar-refractivity contribution is -0.121. The maximum absolute atomic E-state index is 12.3. The van der Waals surface area contributed by atoms with E-state index < -0.39 is 10.0 Å². The minimum absolute atomic E-state index is 0.106. The number of anilines is 1. The van der Waals surface area contributed by atoms with Gasteiger partial charge < -0.3 is 19.5 Å². The molecule has 0 fully saturated rings. The molecule has 31 heavy (non-hydrogen) atoms. The maximum Gasteiger partial charge on any atom is 0.232 e. The van der Waals surface area contributed by atoms with Crippen molar-refractivity contribution >= 4 is 21.6 Å². The Kier molecular flexibility index (Phi) is 7.27. The zero-order valence-corrected chi connectivity index (χ0v) is 18.8. The highest BCUT2D eigenvalue weighted by molar-refractivity contribution is 7.92. The molecule has 1 aliphatic heterocycles. The normalized spacial score (nSPS) is 12.6. The summed E-state index contributed by atoms with van der Waals surface area (Å²) in [6, 6.07) is 12.5. The second-order valence-electron chi connectivity index (χ2n) is 7.56. The highest BCUT2D eigenvalue weighted by Gasteiger charge is 2.21. The summed E-state index contributed by atoms with van der Waals surface area (Å²) in [4.78, 5) is 12.2. The fourth-order valence-corrected chi connectivity index (χ4v) is 4.11. The summed E-state index contributed by atoms with van der Waals surface area (Å²) >= 11 is 0. The van der Waals surface area contributed by atoms with Crippen LogP contribution in [0.15, 0.2) is 42.5 Å². The molecule has 8 nitrogen and oxygen atoms in total. The van der Waals surface area contributed by atoms with E-state index in [0.29, 0.717) is 30.2 Å². The van der Waals surface area contributed by atoms with Gasteiger partial charge in [0.05, 0.1) is 18.0 Å². The number of sulfonamides is 1. The molecule has 0 atom stereocenters. The molecule has 2 aromatic carbocycles. The first kappa shape index (κ1) is 22.7. The minimum Gasteiger partial charge on any atom is -0.491 e. The number of nitrogens with one attached hydrogen (secondary N) is 1. The second kappa shape index (κ2) is 9.91. The molecule has 0 aromatic heterocycles. The average Bonchev–Trinajstić information content (AvgIpc) is 3.17. The summed E-state index contributed by atoms with van der Waals surface area (Å²) < 4.78 is 42.0. The van der Waals surface area contributed by atoms with Gasteiger partial charge >= 0.3 is 0 Å². The van der Waals surface area contributed by atoms with Gasteiger partial charge in [-0.25, -0.2) is 8.42 Å². The van der Waals surface area contributed by atoms with E-state index in [1.54, 1.807) is 18.2 Å². The van der Waals surface area contributed by atoms with Crippen LogP contribution in [0.2, 0.25) is 0 Å². The Morgan fingerprint density at radius 1 is 1.13 bits per heavy atom. The van der Waals surface area contributed by atoms with Crippen LogP contribution in [0.4, 0.5) is 5.69 Å². The number of hydrogen-bond donors (Lipinski definition) is 1. The third-order valence-corrected chi connectivity index (χ3v) is 5.79. The lowest BCUT2D eigenvalue weighted by atomic mass is 10.2. The molecule has 168 valence electrons. The summed E-state index contributed by atoms with van der Waals surface area (Å²) in [7, 11) is -3.51. The Hall–Kier alpha value is -2.94. The first-order valence-corrected chi connectivity index (χ1v) is 12.0. The van der Waals surface area contributed by atoms with Crippen molar-refractivity contribution in [3.63, 3.8) is 0 Å². The van der Waals surface area contributed by atoms with Crippen molar-refractivity contribution in [3.05, 3.63) is 48.0 Å². The van der Waals surface area contributed by atoms with Gasteiger partial charge in [0, 0.05) is 25.6 Å². The number of rotatable bonds is 10. The molecular formula is C22H28N2O6S. The summed E-state index contributed by atoms with van der Waals surface area (Å²) in [5.74, 6) is 1.74. The number of nitrogens with zero attached hydrogens (tertiary/aromatic N) is 1. The van der Waals surface area contributed by atoms with Crippen molar-refractivity contribution in [2.24, 2.45) is 0 Å². The van der Waals surface area contributed by atoms with Gasteiger partial charge in [-0.2, -0.15) is 0 Å². The quantitative estimate of drug-likeness (QED) is 0.600. The second-order valence-corrected chi connectivity index (χ2v) is 9.47. The summed E-state index contributed by atoms with van der Waals surface area (Å²) in [6.45, 7) is 4.63. The van der Waals surface area contributed by atoms with Gasteiger partial charge in [0.2, 0.25) is 22.7 Å². The van der Waals surface area contributed by atoms with Crippen LogP contribution in [-0.4, -0.2) is 40.0 Å². The van der Waals surface area contributed by atoms with E-state index in [-0.39, 0.29) is 31.8 Å². The van der Waals surface area contributed by atoms with Gasteiger partial charge in [0.25, 0.3) is 0 Å². The smallest absolute Gasteiger partial charge is 0.232 e. The zero-order chi connectivity index (χ0) is 22.4. The number of hydrogen-bond acceptors (Lipinski definition) is 6. The predicted octanol–water partition coefficient (Wildman–Crippen LogP) is 3.07. The molecular weight excluding hydrogens is 420 g/mol. The molecule has 9 heteroatoms. The molecule has 0 spiro atoms. The van der Waals surface area contributed by atoms with Crippen LogP contribution < -0.4 is 23.8 Å². The van der Waals surface area contributed by atoms with Crippen LogP contribution in [0.3, 0.4) is 0 Å². The third kappa shape index (κ3) is 6.52. The maximum atomic E-state index is 12.3. The number of carbonyl (C=O) groups excluding carboxylic acids is 1. The summed E-state index contributed by atoms with van der Waals surface area (Å²) in [5, 5.41) is 2.86. The van der Waals surface area contributed by atoms with Gasteiger partial charge in [-0.1, -0.05) is 12.1 Å². The van der Waals surface area contributed by atoms with Crippen LogP contribution in [0.1, 0.15) is 32.3 Å². The first-order chi connectivity index (χ1) is 14.7. The molecule has 2 aromatic rings. The van der Waals surface area contributed by atoms with E-state index in [1.807, 2.05) is 38.1 Å². The predicted molar refractivity (Wildman–Crippen MR) is 118 cm³/mol. The van der Waals surface area contributed by atoms with Crippen molar-refractivity contribution < 1.29 is 27.4 Å². The van der Waals surface area contributed by atoms with E-state index >= 15 is 0 Å². The lowest BCUT2D eigenvalue weighted by Gasteiger charge is -2.22. The average molecular weight is 449 g/mol. The van der Waals surface area contributed by atoms with Crippen molar-refractivity contribution in [1.82, 2.24) is 5.32 Å². The van der Waals surface area contributed by atoms with Crippen LogP contribution in [0, 0.1) is 0 Å². The van der Waals surface area contributed by atoms with Crippen molar-refractivity contribution in [3.8, 4) is 17.2 Å². The number of benzene rings is 2. The molecule has 1 N–H and O–H groups in total. The molecule has 0 radical (unpaired) electrons. The van der Waals surface area contributed by atoms with Gasteiger partial charge in [-0.15, -0.1) is 0 Å². The van der Waals surface area contributed by atoms with E-state index in [0.717, 1.165) is 17.6 Å². The molecule has 0 unspecified atom stereocenters. The van der Waals surface area contributed by atoms with Crippen molar-refractivity contribution in [1.29, 1.82) is 0 Å². The first-order valence-electron chi connectivity index (χ1n) is 10.1. The highest BCUT2D eigenvalue weighted by Crippen LogP contribution is 2.36. The van der Waals surface area contributed by atoms with E-state index in [4.69, 9.17) is 14.2 Å². The molecule has 0 aliphatic carbocycles. The molecule has 0 saturated carbocycles. The minimum atomic E-state index is -3.51. The number of fused-ring (bicyclic) bond motifs is 1. The molecule has 3 rings (SSSR count). The summed E-state index contributed by atoms with van der Waals surface area (Å²) in [5.41, 5.74) is 1.44. The van der Waals surface area contributed by atoms with Crippen molar-refractivity contribution in [2.75, 3.05) is 23.9 Å². The Morgan fingerprint density at radius 3 is 2.52 bits per heavy atom. The fraction of sp³-hybridized carbons (Fsp3) is 0.409. The van der Waals surface area contributed by atoms with Crippen LogP contribution in [0.25, 0.3) is 0 Å². The van der Waals surface area contributed by atoms with Crippen LogP contribution in [0.5, 0.6) is 17.2 Å². The van der Waals surface area contributed by atoms with E-state index in [2.05, 4.69) is 5.32 Å². The third-order valence-electron chi connectivity index (χ3n) is 4.59. The van der Waals surface area contributed by atoms with E-state index in [1.165, 1.54) is 4.31 Å². The number of carbonyl (C=O) groups is 1. The zero-order valence-electron chi connectivity index (χ0n) is 18.0. The Labute approximate surface area is 183 Å². The fourth-order valence-electron chi connectivity index (χ4n) is 3.16. The lowest BCUT2D eigenvalue weighted by Crippen LogP contribution is -2.32. The molecule has 1 heterocycles. The van der Waals surface area contributed by atoms with Crippen LogP contribution in [-0.2, 0) is 21.4 Å². The van der Waals surface area contributed by atoms with E-state index in [9.17, 15) is 13.2 Å². The molecule has 1 aliphatic rings. The number of amides is 1.